The number of furan rings is 1. The van der Waals surface area contributed by atoms with Crippen LogP contribution >= 0.6 is 23.4 Å². The second-order valence-electron chi connectivity index (χ2n) is 7.22. The maximum absolute atomic E-state index is 11.0. The van der Waals surface area contributed by atoms with Crippen molar-refractivity contribution in [3.63, 3.8) is 0 Å². The molecule has 0 spiro atoms. The van der Waals surface area contributed by atoms with E-state index in [9.17, 15) is 4.79 Å². The Morgan fingerprint density at radius 1 is 1.16 bits per heavy atom. The molecule has 0 unspecified atom stereocenters. The van der Waals surface area contributed by atoms with Crippen molar-refractivity contribution in [2.75, 3.05) is 43.1 Å². The number of aromatic nitrogens is 2. The first-order valence-electron chi connectivity index (χ1n) is 10.1. The molecule has 1 aliphatic rings. The third-order valence-electron chi connectivity index (χ3n) is 5.05. The van der Waals surface area contributed by atoms with Crippen molar-refractivity contribution in [3.05, 3.63) is 64.7 Å². The monoisotopic (exact) mass is 474 g/mol. The van der Waals surface area contributed by atoms with Crippen molar-refractivity contribution < 1.29 is 19.1 Å². The number of ether oxygens (including phenoxy) is 1. The van der Waals surface area contributed by atoms with Crippen LogP contribution in [0.5, 0.6) is 0 Å². The molecular weight excluding hydrogens is 452 g/mol. The fourth-order valence-corrected chi connectivity index (χ4v) is 4.52. The molecule has 10 heteroatoms. The maximum Gasteiger partial charge on any atom is 0.371 e. The second kappa shape index (κ2) is 10.2. The molecule has 3 aromatic rings. The average molecular weight is 475 g/mol. The number of carbonyl (C=O) groups is 1. The van der Waals surface area contributed by atoms with E-state index >= 15 is 0 Å². The van der Waals surface area contributed by atoms with Gasteiger partial charge in [0.1, 0.15) is 11.6 Å². The van der Waals surface area contributed by atoms with Gasteiger partial charge < -0.3 is 24.1 Å². The van der Waals surface area contributed by atoms with Crippen LogP contribution in [-0.4, -0.2) is 54.3 Å². The van der Waals surface area contributed by atoms with E-state index in [0.29, 0.717) is 23.3 Å². The van der Waals surface area contributed by atoms with Gasteiger partial charge in [0, 0.05) is 39.4 Å². The minimum atomic E-state index is -1.09. The van der Waals surface area contributed by atoms with Gasteiger partial charge in [-0.15, -0.1) is 0 Å². The molecule has 4 rings (SSSR count). The van der Waals surface area contributed by atoms with Crippen molar-refractivity contribution in [1.82, 2.24) is 9.97 Å². The minimum absolute atomic E-state index is 0.0771. The lowest BCUT2D eigenvalue weighted by Gasteiger charge is -2.37. The summed E-state index contributed by atoms with van der Waals surface area (Å²) in [5.41, 5.74) is 1.84. The molecule has 2 aromatic heterocycles. The molecule has 8 nitrogen and oxygen atoms in total. The van der Waals surface area contributed by atoms with E-state index < -0.39 is 5.97 Å². The number of benzene rings is 1. The topological polar surface area (TPSA) is 91.9 Å². The molecule has 0 saturated carbocycles. The van der Waals surface area contributed by atoms with Crippen LogP contribution in [0.4, 0.5) is 11.5 Å². The zero-order chi connectivity index (χ0) is 22.5. The number of carboxylic acids is 1. The van der Waals surface area contributed by atoms with Crippen molar-refractivity contribution in [1.29, 1.82) is 0 Å². The molecule has 0 bridgehead atoms. The van der Waals surface area contributed by atoms with E-state index in [-0.39, 0.29) is 5.76 Å². The van der Waals surface area contributed by atoms with Crippen LogP contribution < -0.4 is 9.80 Å². The molecule has 0 atom stereocenters. The highest BCUT2D eigenvalue weighted by Crippen LogP contribution is 2.28. The highest BCUT2D eigenvalue weighted by molar-refractivity contribution is 7.98. The normalized spacial score (nSPS) is 14.1. The van der Waals surface area contributed by atoms with Gasteiger partial charge in [-0.3, -0.25) is 0 Å². The Hall–Kier alpha value is -2.75. The van der Waals surface area contributed by atoms with Gasteiger partial charge in [-0.25, -0.2) is 14.8 Å². The summed E-state index contributed by atoms with van der Waals surface area (Å²) in [5.74, 6) is 0.676. The summed E-state index contributed by atoms with van der Waals surface area (Å²) in [7, 11) is 1.63. The summed E-state index contributed by atoms with van der Waals surface area (Å²) in [6.45, 7) is 3.66. The number of piperazine rings is 1. The van der Waals surface area contributed by atoms with Gasteiger partial charge in [-0.2, -0.15) is 0 Å². The number of rotatable bonds is 8. The average Bonchev–Trinajstić information content (AvgIpc) is 3.28. The number of para-hydroxylation sites is 1. The molecule has 0 radical (unpaired) electrons. The SMILES string of the molecule is COCc1cc(N2CCN(c3ccccc3Cl)CC2)nc(SCc2ccc(C(=O)O)o2)n1. The predicted molar refractivity (Wildman–Crippen MR) is 124 cm³/mol. The lowest BCUT2D eigenvalue weighted by atomic mass is 10.2. The molecule has 1 aromatic carbocycles. The summed E-state index contributed by atoms with van der Waals surface area (Å²) >= 11 is 7.76. The Morgan fingerprint density at radius 3 is 2.59 bits per heavy atom. The van der Waals surface area contributed by atoms with E-state index in [2.05, 4.69) is 14.8 Å². The zero-order valence-corrected chi connectivity index (χ0v) is 19.1. The van der Waals surface area contributed by atoms with Gasteiger partial charge in [-0.1, -0.05) is 35.5 Å². The van der Waals surface area contributed by atoms with E-state index in [1.807, 2.05) is 30.3 Å². The van der Waals surface area contributed by atoms with Crippen LogP contribution in [0.25, 0.3) is 0 Å². The van der Waals surface area contributed by atoms with Gasteiger partial charge in [0.2, 0.25) is 5.76 Å². The van der Waals surface area contributed by atoms with E-state index in [1.54, 1.807) is 13.2 Å². The number of methoxy groups -OCH3 is 1. The summed E-state index contributed by atoms with van der Waals surface area (Å²) in [6.07, 6.45) is 0. The molecule has 1 saturated heterocycles. The first-order valence-corrected chi connectivity index (χ1v) is 11.5. The number of hydrogen-bond donors (Lipinski definition) is 1. The van der Waals surface area contributed by atoms with Gasteiger partial charge in [-0.05, 0) is 24.3 Å². The molecule has 1 N–H and O–H groups in total. The quantitative estimate of drug-likeness (QED) is 0.381. The van der Waals surface area contributed by atoms with E-state index in [4.69, 9.17) is 30.8 Å². The molecule has 32 heavy (non-hydrogen) atoms. The van der Waals surface area contributed by atoms with E-state index in [0.717, 1.165) is 48.4 Å². The molecule has 0 aliphatic carbocycles. The molecule has 3 heterocycles. The van der Waals surface area contributed by atoms with E-state index in [1.165, 1.54) is 17.8 Å². The first kappa shape index (κ1) is 22.4. The third kappa shape index (κ3) is 5.35. The zero-order valence-electron chi connectivity index (χ0n) is 17.5. The predicted octanol–water partition coefficient (Wildman–Crippen LogP) is 4.19. The summed E-state index contributed by atoms with van der Waals surface area (Å²) in [6, 6.07) is 12.9. The Kier molecular flexibility index (Phi) is 7.19. The van der Waals surface area contributed by atoms with Crippen molar-refractivity contribution in [2.45, 2.75) is 17.5 Å². The van der Waals surface area contributed by atoms with Crippen molar-refractivity contribution in [3.8, 4) is 0 Å². The standard InChI is InChI=1S/C22H23ClN4O4S/c1-30-13-15-12-20(25-22(24-15)32-14-16-6-7-19(31-16)21(28)29)27-10-8-26(9-11-27)18-5-3-2-4-17(18)23/h2-7,12H,8-11,13-14H2,1H3,(H,28,29). The lowest BCUT2D eigenvalue weighted by Crippen LogP contribution is -2.47. The van der Waals surface area contributed by atoms with Crippen LogP contribution in [0.1, 0.15) is 22.0 Å². The summed E-state index contributed by atoms with van der Waals surface area (Å²) in [5, 5.41) is 10.4. The molecular formula is C22H23ClN4O4S. The highest BCUT2D eigenvalue weighted by atomic mass is 35.5. The Labute approximate surface area is 195 Å². The summed E-state index contributed by atoms with van der Waals surface area (Å²) in [4.78, 5) is 24.8. The number of thioether (sulfide) groups is 1. The van der Waals surface area contributed by atoms with Gasteiger partial charge in [0.25, 0.3) is 0 Å². The largest absolute Gasteiger partial charge is 0.475 e. The maximum atomic E-state index is 11.0. The Morgan fingerprint density at radius 2 is 1.91 bits per heavy atom. The number of halogens is 1. The number of aromatic carboxylic acids is 1. The second-order valence-corrected chi connectivity index (χ2v) is 8.57. The van der Waals surface area contributed by atoms with Gasteiger partial charge >= 0.3 is 5.97 Å². The minimum Gasteiger partial charge on any atom is -0.475 e. The molecule has 168 valence electrons. The van der Waals surface area contributed by atoms with Crippen LogP contribution in [0.2, 0.25) is 5.02 Å². The number of carboxylic acid groups (broad SMARTS) is 1. The highest BCUT2D eigenvalue weighted by Gasteiger charge is 2.21. The third-order valence-corrected chi connectivity index (χ3v) is 6.24. The molecule has 1 fully saturated rings. The number of anilines is 2. The van der Waals surface area contributed by atoms with Gasteiger partial charge in [0.15, 0.2) is 5.16 Å². The molecule has 0 amide bonds. The fraction of sp³-hybridized carbons (Fsp3) is 0.318. The van der Waals surface area contributed by atoms with Crippen LogP contribution in [-0.2, 0) is 17.1 Å². The van der Waals surface area contributed by atoms with Gasteiger partial charge in [0.05, 0.1) is 28.8 Å². The van der Waals surface area contributed by atoms with Crippen LogP contribution in [0, 0.1) is 0 Å². The Balaban J connectivity index is 1.45. The van der Waals surface area contributed by atoms with Crippen molar-refractivity contribution in [2.24, 2.45) is 0 Å². The summed E-state index contributed by atoms with van der Waals surface area (Å²) < 4.78 is 10.6. The van der Waals surface area contributed by atoms with Crippen LogP contribution in [0.3, 0.4) is 0 Å². The molecule has 1 aliphatic heterocycles. The lowest BCUT2D eigenvalue weighted by molar-refractivity contribution is 0.0661. The van der Waals surface area contributed by atoms with Crippen molar-refractivity contribution >= 4 is 40.8 Å². The fourth-order valence-electron chi connectivity index (χ4n) is 3.50. The smallest absolute Gasteiger partial charge is 0.371 e. The number of hydrogen-bond acceptors (Lipinski definition) is 8. The van der Waals surface area contributed by atoms with Crippen LogP contribution in [0.15, 0.2) is 52.0 Å². The Bertz CT molecular complexity index is 1090. The first-order chi connectivity index (χ1) is 15.5. The number of nitrogens with zero attached hydrogens (tertiary/aromatic N) is 4.